The van der Waals surface area contributed by atoms with Crippen LogP contribution in [0.2, 0.25) is 0 Å². The van der Waals surface area contributed by atoms with E-state index in [2.05, 4.69) is 13.8 Å². The first kappa shape index (κ1) is 12.6. The van der Waals surface area contributed by atoms with E-state index in [0.717, 1.165) is 19.1 Å². The Morgan fingerprint density at radius 1 is 1.05 bits per heavy atom. The average Bonchev–Trinajstić information content (AvgIpc) is 2.75. The van der Waals surface area contributed by atoms with Crippen LogP contribution < -0.4 is 5.73 Å². The summed E-state index contributed by atoms with van der Waals surface area (Å²) in [6.45, 7) is 6.94. The predicted molar refractivity (Wildman–Crippen MR) is 76.7 cm³/mol. The minimum atomic E-state index is 0.386. The lowest BCUT2D eigenvalue weighted by Gasteiger charge is -2.67. The topological polar surface area (TPSA) is 35.2 Å². The lowest BCUT2D eigenvalue weighted by Crippen LogP contribution is -2.62. The average molecular weight is 263 g/mol. The molecule has 19 heavy (non-hydrogen) atoms. The highest BCUT2D eigenvalue weighted by molar-refractivity contribution is 5.13. The molecule has 1 aliphatic heterocycles. The highest BCUT2D eigenvalue weighted by Gasteiger charge is 2.62. The van der Waals surface area contributed by atoms with Crippen LogP contribution in [0, 0.1) is 28.1 Å². The maximum atomic E-state index is 6.82. The smallest absolute Gasteiger partial charge is 0.0510 e. The third kappa shape index (κ3) is 1.82. The van der Waals surface area contributed by atoms with Crippen LogP contribution in [-0.4, -0.2) is 19.3 Å². The second kappa shape index (κ2) is 3.76. The van der Waals surface area contributed by atoms with Gasteiger partial charge in [0.25, 0.3) is 0 Å². The van der Waals surface area contributed by atoms with Gasteiger partial charge in [0.15, 0.2) is 0 Å². The molecule has 0 aromatic rings. The molecule has 0 aromatic heterocycles. The highest BCUT2D eigenvalue weighted by Crippen LogP contribution is 2.70. The first-order valence-electron chi connectivity index (χ1n) is 8.26. The SMILES string of the molecule is CC12CC3CC(C)(C1)CC(C(N)C1CCOC1)(C3)C2. The van der Waals surface area contributed by atoms with Crippen LogP contribution in [-0.2, 0) is 4.74 Å². The number of ether oxygens (including phenoxy) is 1. The third-order valence-corrected chi connectivity index (χ3v) is 6.85. The van der Waals surface area contributed by atoms with Crippen molar-refractivity contribution in [1.82, 2.24) is 0 Å². The Labute approximate surface area is 117 Å². The van der Waals surface area contributed by atoms with Crippen molar-refractivity contribution in [2.24, 2.45) is 33.8 Å². The number of nitrogens with two attached hydrogens (primary N) is 1. The molecule has 4 aliphatic carbocycles. The summed E-state index contributed by atoms with van der Waals surface area (Å²) in [6, 6.07) is 0.386. The van der Waals surface area contributed by atoms with Gasteiger partial charge in [-0.25, -0.2) is 0 Å². The van der Waals surface area contributed by atoms with Gasteiger partial charge in [0.05, 0.1) is 6.61 Å². The zero-order valence-electron chi connectivity index (χ0n) is 12.6. The predicted octanol–water partition coefficient (Wildman–Crippen LogP) is 3.35. The summed E-state index contributed by atoms with van der Waals surface area (Å²) in [4.78, 5) is 0. The molecule has 4 bridgehead atoms. The van der Waals surface area contributed by atoms with Crippen LogP contribution in [0.3, 0.4) is 0 Å². The number of rotatable bonds is 2. The van der Waals surface area contributed by atoms with E-state index in [0.29, 0.717) is 28.2 Å². The van der Waals surface area contributed by atoms with E-state index in [9.17, 15) is 0 Å². The van der Waals surface area contributed by atoms with E-state index >= 15 is 0 Å². The quantitative estimate of drug-likeness (QED) is 0.829. The van der Waals surface area contributed by atoms with Crippen molar-refractivity contribution in [3.05, 3.63) is 0 Å². The van der Waals surface area contributed by atoms with Crippen LogP contribution in [0.1, 0.15) is 58.8 Å². The van der Waals surface area contributed by atoms with Gasteiger partial charge in [-0.2, -0.15) is 0 Å². The maximum Gasteiger partial charge on any atom is 0.0510 e. The molecule has 2 nitrogen and oxygen atoms in total. The molecule has 2 N–H and O–H groups in total. The monoisotopic (exact) mass is 263 g/mol. The van der Waals surface area contributed by atoms with E-state index in [1.807, 2.05) is 0 Å². The molecule has 0 amide bonds. The summed E-state index contributed by atoms with van der Waals surface area (Å²) in [6.07, 6.45) is 9.78. The lowest BCUT2D eigenvalue weighted by atomic mass is 9.38. The van der Waals surface area contributed by atoms with Gasteiger partial charge in [0, 0.05) is 18.6 Å². The van der Waals surface area contributed by atoms with Crippen molar-refractivity contribution in [2.45, 2.75) is 64.8 Å². The molecule has 0 aromatic carbocycles. The van der Waals surface area contributed by atoms with E-state index in [1.54, 1.807) is 0 Å². The first-order valence-corrected chi connectivity index (χ1v) is 8.26. The van der Waals surface area contributed by atoms with Crippen molar-refractivity contribution in [2.75, 3.05) is 13.2 Å². The van der Waals surface area contributed by atoms with E-state index in [1.165, 1.54) is 44.9 Å². The Morgan fingerprint density at radius 2 is 1.74 bits per heavy atom. The Morgan fingerprint density at radius 3 is 2.26 bits per heavy atom. The molecule has 1 heterocycles. The van der Waals surface area contributed by atoms with Gasteiger partial charge in [-0.05, 0) is 67.1 Å². The fourth-order valence-corrected chi connectivity index (χ4v) is 7.24. The Hall–Kier alpha value is -0.0800. The van der Waals surface area contributed by atoms with Gasteiger partial charge in [-0.1, -0.05) is 13.8 Å². The number of hydrogen-bond donors (Lipinski definition) is 1. The van der Waals surface area contributed by atoms with E-state index in [4.69, 9.17) is 10.5 Å². The molecule has 0 spiro atoms. The van der Waals surface area contributed by atoms with Crippen molar-refractivity contribution in [3.63, 3.8) is 0 Å². The van der Waals surface area contributed by atoms with E-state index in [-0.39, 0.29) is 0 Å². The minimum Gasteiger partial charge on any atom is -0.381 e. The summed E-state index contributed by atoms with van der Waals surface area (Å²) in [5.74, 6) is 1.59. The van der Waals surface area contributed by atoms with Gasteiger partial charge in [0.1, 0.15) is 0 Å². The Balaban J connectivity index is 1.66. The number of hydrogen-bond acceptors (Lipinski definition) is 2. The van der Waals surface area contributed by atoms with Crippen molar-refractivity contribution < 1.29 is 4.74 Å². The molecular weight excluding hydrogens is 234 g/mol. The molecule has 5 rings (SSSR count). The summed E-state index contributed by atoms with van der Waals surface area (Å²) >= 11 is 0. The highest BCUT2D eigenvalue weighted by atomic mass is 16.5. The Bertz CT molecular complexity index is 369. The molecule has 0 radical (unpaired) electrons. The summed E-state index contributed by atoms with van der Waals surface area (Å²) in [5, 5.41) is 0. The molecular formula is C17H29NO. The molecule has 5 aliphatic rings. The van der Waals surface area contributed by atoms with Crippen molar-refractivity contribution in [3.8, 4) is 0 Å². The van der Waals surface area contributed by atoms with Crippen molar-refractivity contribution >= 4 is 0 Å². The lowest BCUT2D eigenvalue weighted by molar-refractivity contribution is -0.159. The molecule has 5 fully saturated rings. The second-order valence-electron chi connectivity index (χ2n) is 9.14. The van der Waals surface area contributed by atoms with Gasteiger partial charge in [-0.15, -0.1) is 0 Å². The normalized spacial score (nSPS) is 57.6. The fraction of sp³-hybridized carbons (Fsp3) is 1.00. The van der Waals surface area contributed by atoms with Crippen LogP contribution in [0.5, 0.6) is 0 Å². The summed E-state index contributed by atoms with van der Waals surface area (Å²) in [5.41, 5.74) is 8.44. The molecule has 4 unspecified atom stereocenters. The molecule has 1 saturated heterocycles. The second-order valence-corrected chi connectivity index (χ2v) is 9.14. The molecule has 4 saturated carbocycles. The zero-order valence-corrected chi connectivity index (χ0v) is 12.6. The molecule has 2 heteroatoms. The van der Waals surface area contributed by atoms with Crippen LogP contribution in [0.25, 0.3) is 0 Å². The fourth-order valence-electron chi connectivity index (χ4n) is 7.24. The van der Waals surface area contributed by atoms with Gasteiger partial charge in [-0.3, -0.25) is 0 Å². The van der Waals surface area contributed by atoms with Crippen LogP contribution in [0.4, 0.5) is 0 Å². The molecule has 108 valence electrons. The van der Waals surface area contributed by atoms with Gasteiger partial charge >= 0.3 is 0 Å². The van der Waals surface area contributed by atoms with Crippen LogP contribution in [0.15, 0.2) is 0 Å². The summed E-state index contributed by atoms with van der Waals surface area (Å²) < 4.78 is 5.61. The largest absolute Gasteiger partial charge is 0.381 e. The first-order chi connectivity index (χ1) is 8.92. The standard InChI is InChI=1S/C17H29NO/c1-15-5-12-6-16(2,9-15)11-17(7-12,10-15)14(18)13-3-4-19-8-13/h12-14H,3-11,18H2,1-2H3. The Kier molecular flexibility index (Phi) is 2.50. The minimum absolute atomic E-state index is 0.386. The third-order valence-electron chi connectivity index (χ3n) is 6.85. The van der Waals surface area contributed by atoms with Crippen molar-refractivity contribution in [1.29, 1.82) is 0 Å². The zero-order chi connectivity index (χ0) is 13.3. The maximum absolute atomic E-state index is 6.82. The summed E-state index contributed by atoms with van der Waals surface area (Å²) in [7, 11) is 0. The van der Waals surface area contributed by atoms with E-state index < -0.39 is 0 Å². The van der Waals surface area contributed by atoms with Crippen LogP contribution >= 0.6 is 0 Å². The van der Waals surface area contributed by atoms with Gasteiger partial charge in [0.2, 0.25) is 0 Å². The molecule has 4 atom stereocenters. The van der Waals surface area contributed by atoms with Gasteiger partial charge < -0.3 is 10.5 Å².